The maximum Gasteiger partial charge on any atom is 0.254 e. The molecule has 0 saturated carbocycles. The van der Waals surface area contributed by atoms with Crippen LogP contribution in [-0.2, 0) is 13.1 Å². The number of likely N-dealkylation sites (N-methyl/N-ethyl adjacent to an activating group) is 1. The zero-order valence-electron chi connectivity index (χ0n) is 21.6. The van der Waals surface area contributed by atoms with Crippen LogP contribution in [0.1, 0.15) is 21.5 Å². The van der Waals surface area contributed by atoms with Crippen molar-refractivity contribution in [1.82, 2.24) is 15.0 Å². The van der Waals surface area contributed by atoms with Crippen LogP contribution < -0.4 is 9.64 Å². The lowest BCUT2D eigenvalue weighted by Crippen LogP contribution is -2.44. The third-order valence-electron chi connectivity index (χ3n) is 6.86. The summed E-state index contributed by atoms with van der Waals surface area (Å²) in [6, 6.07) is 23.2. The fourth-order valence-electron chi connectivity index (χ4n) is 4.65. The van der Waals surface area contributed by atoms with Crippen molar-refractivity contribution in [3.8, 4) is 17.0 Å². The summed E-state index contributed by atoms with van der Waals surface area (Å²) in [5.41, 5.74) is 3.72. The zero-order valence-corrected chi connectivity index (χ0v) is 21.6. The van der Waals surface area contributed by atoms with Crippen molar-refractivity contribution in [3.05, 3.63) is 101 Å². The maximum absolute atomic E-state index is 13.9. The minimum absolute atomic E-state index is 0.118. The molecular weight excluding hydrogens is 483 g/mol. The number of rotatable bonds is 8. The number of carbonyl (C=O) groups excluding carboxylic acids is 1. The Bertz CT molecular complexity index is 1350. The van der Waals surface area contributed by atoms with Crippen molar-refractivity contribution in [2.75, 3.05) is 45.2 Å². The van der Waals surface area contributed by atoms with Crippen molar-refractivity contribution >= 4 is 11.8 Å². The van der Waals surface area contributed by atoms with Crippen molar-refractivity contribution in [2.24, 2.45) is 0 Å². The van der Waals surface area contributed by atoms with E-state index in [2.05, 4.69) is 22.0 Å². The smallest absolute Gasteiger partial charge is 0.254 e. The molecule has 0 unspecified atom stereocenters. The third kappa shape index (κ3) is 5.70. The first-order chi connectivity index (χ1) is 18.5. The topological polar surface area (TPSA) is 62.1 Å². The van der Waals surface area contributed by atoms with Crippen LogP contribution in [0.3, 0.4) is 0 Å². The Balaban J connectivity index is 1.54. The number of piperazine rings is 1. The quantitative estimate of drug-likeness (QED) is 0.327. The number of nitrogens with zero attached hydrogens (tertiary/aromatic N) is 4. The molecule has 8 heteroatoms. The molecule has 38 heavy (non-hydrogen) atoms. The second kappa shape index (κ2) is 11.5. The van der Waals surface area contributed by atoms with E-state index in [-0.39, 0.29) is 18.3 Å². The van der Waals surface area contributed by atoms with Gasteiger partial charge in [-0.1, -0.05) is 35.5 Å². The average molecular weight is 515 g/mol. The number of carbonyl (C=O) groups is 1. The summed E-state index contributed by atoms with van der Waals surface area (Å²) in [6.07, 6.45) is 0. The number of halogens is 1. The van der Waals surface area contributed by atoms with E-state index >= 15 is 0 Å². The Kier molecular flexibility index (Phi) is 7.70. The minimum atomic E-state index is -0.321. The van der Waals surface area contributed by atoms with Gasteiger partial charge < -0.3 is 24.0 Å². The lowest BCUT2D eigenvalue weighted by atomic mass is 10.0. The monoisotopic (exact) mass is 514 g/mol. The highest BCUT2D eigenvalue weighted by Crippen LogP contribution is 2.34. The molecule has 1 saturated heterocycles. The summed E-state index contributed by atoms with van der Waals surface area (Å²) in [5, 5.41) is 4.42. The van der Waals surface area contributed by atoms with Gasteiger partial charge >= 0.3 is 0 Å². The fraction of sp³-hybridized carbons (Fsp3) is 0.267. The highest BCUT2D eigenvalue weighted by molar-refractivity contribution is 5.94. The molecule has 0 spiro atoms. The number of hydrogen-bond acceptors (Lipinski definition) is 6. The van der Waals surface area contributed by atoms with E-state index in [4.69, 9.17) is 9.26 Å². The Hall–Kier alpha value is -4.17. The predicted molar refractivity (Wildman–Crippen MR) is 145 cm³/mol. The molecular formula is C30H31FN4O3. The number of ether oxygens (including phenoxy) is 1. The predicted octanol–water partition coefficient (Wildman–Crippen LogP) is 5.08. The molecule has 0 atom stereocenters. The van der Waals surface area contributed by atoms with Gasteiger partial charge in [-0.05, 0) is 61.1 Å². The normalized spacial score (nSPS) is 13.9. The molecule has 1 fully saturated rings. The van der Waals surface area contributed by atoms with Crippen LogP contribution in [0.4, 0.5) is 10.3 Å². The van der Waals surface area contributed by atoms with Gasteiger partial charge in [0.1, 0.15) is 17.3 Å². The number of benzene rings is 3. The van der Waals surface area contributed by atoms with E-state index < -0.39 is 0 Å². The van der Waals surface area contributed by atoms with Gasteiger partial charge in [0.25, 0.3) is 5.91 Å². The van der Waals surface area contributed by atoms with Gasteiger partial charge in [0, 0.05) is 43.9 Å². The third-order valence-corrected chi connectivity index (χ3v) is 6.86. The van der Waals surface area contributed by atoms with E-state index in [0.29, 0.717) is 29.4 Å². The summed E-state index contributed by atoms with van der Waals surface area (Å²) >= 11 is 0. The van der Waals surface area contributed by atoms with E-state index in [1.54, 1.807) is 48.4 Å². The Morgan fingerprint density at radius 2 is 1.63 bits per heavy atom. The number of anilines is 1. The van der Waals surface area contributed by atoms with Crippen LogP contribution in [-0.4, -0.2) is 61.2 Å². The van der Waals surface area contributed by atoms with Gasteiger partial charge in [0.05, 0.1) is 19.2 Å². The Labute approximate surface area is 222 Å². The largest absolute Gasteiger partial charge is 0.497 e. The van der Waals surface area contributed by atoms with Gasteiger partial charge in [0.2, 0.25) is 5.88 Å². The van der Waals surface area contributed by atoms with Gasteiger partial charge in [-0.3, -0.25) is 4.79 Å². The molecule has 0 aliphatic carbocycles. The van der Waals surface area contributed by atoms with Crippen molar-refractivity contribution < 1.29 is 18.4 Å². The van der Waals surface area contributed by atoms with Gasteiger partial charge in [-0.25, -0.2) is 4.39 Å². The van der Waals surface area contributed by atoms with Crippen molar-refractivity contribution in [3.63, 3.8) is 0 Å². The summed E-state index contributed by atoms with van der Waals surface area (Å²) < 4.78 is 24.9. The molecule has 0 N–H and O–H groups in total. The lowest BCUT2D eigenvalue weighted by Gasteiger charge is -2.33. The highest BCUT2D eigenvalue weighted by Gasteiger charge is 2.28. The number of amides is 1. The van der Waals surface area contributed by atoms with Crippen LogP contribution in [0.2, 0.25) is 0 Å². The second-order valence-electron chi connectivity index (χ2n) is 9.49. The Morgan fingerprint density at radius 1 is 0.947 bits per heavy atom. The average Bonchev–Trinajstić information content (AvgIpc) is 3.37. The van der Waals surface area contributed by atoms with Crippen LogP contribution in [0, 0.1) is 5.82 Å². The summed E-state index contributed by atoms with van der Waals surface area (Å²) in [4.78, 5) is 20.1. The van der Waals surface area contributed by atoms with Crippen LogP contribution in [0.5, 0.6) is 5.75 Å². The van der Waals surface area contributed by atoms with E-state index in [1.807, 2.05) is 30.3 Å². The summed E-state index contributed by atoms with van der Waals surface area (Å²) in [7, 11) is 3.69. The van der Waals surface area contributed by atoms with E-state index in [9.17, 15) is 9.18 Å². The van der Waals surface area contributed by atoms with Crippen LogP contribution >= 0.6 is 0 Å². The number of methoxy groups -OCH3 is 1. The molecule has 1 aliphatic rings. The summed E-state index contributed by atoms with van der Waals surface area (Å²) in [5.74, 6) is 0.898. The standard InChI is InChI=1S/C30H31FN4O3/c1-33-16-18-34(19-17-33)30-27(28(32-38-30)23-8-12-25(31)13-9-23)21-35(20-22-6-4-3-5-7-22)29(36)24-10-14-26(37-2)15-11-24/h3-15H,16-21H2,1-2H3. The first kappa shape index (κ1) is 25.5. The molecule has 3 aromatic carbocycles. The number of hydrogen-bond donors (Lipinski definition) is 0. The van der Waals surface area contributed by atoms with Crippen molar-refractivity contribution in [2.45, 2.75) is 13.1 Å². The fourth-order valence-corrected chi connectivity index (χ4v) is 4.65. The molecule has 0 radical (unpaired) electrons. The van der Waals surface area contributed by atoms with Gasteiger partial charge in [-0.2, -0.15) is 0 Å². The molecule has 2 heterocycles. The second-order valence-corrected chi connectivity index (χ2v) is 9.49. The molecule has 7 nitrogen and oxygen atoms in total. The Morgan fingerprint density at radius 3 is 2.29 bits per heavy atom. The van der Waals surface area contributed by atoms with E-state index in [0.717, 1.165) is 42.9 Å². The lowest BCUT2D eigenvalue weighted by molar-refractivity contribution is 0.0730. The minimum Gasteiger partial charge on any atom is -0.497 e. The first-order valence-electron chi connectivity index (χ1n) is 12.7. The zero-order chi connectivity index (χ0) is 26.5. The molecule has 196 valence electrons. The van der Waals surface area contributed by atoms with Crippen LogP contribution in [0.15, 0.2) is 83.4 Å². The molecule has 1 amide bonds. The van der Waals surface area contributed by atoms with Gasteiger partial charge in [0.15, 0.2) is 0 Å². The van der Waals surface area contributed by atoms with Crippen LogP contribution in [0.25, 0.3) is 11.3 Å². The molecule has 0 bridgehead atoms. The first-order valence-corrected chi connectivity index (χ1v) is 12.7. The highest BCUT2D eigenvalue weighted by atomic mass is 19.1. The molecule has 4 aromatic rings. The summed E-state index contributed by atoms with van der Waals surface area (Å²) in [6.45, 7) is 4.04. The molecule has 5 rings (SSSR count). The number of aromatic nitrogens is 1. The molecule has 1 aliphatic heterocycles. The maximum atomic E-state index is 13.9. The van der Waals surface area contributed by atoms with E-state index in [1.165, 1.54) is 12.1 Å². The van der Waals surface area contributed by atoms with Gasteiger partial charge in [-0.15, -0.1) is 0 Å². The van der Waals surface area contributed by atoms with Crippen molar-refractivity contribution in [1.29, 1.82) is 0 Å². The molecule has 1 aromatic heterocycles. The SMILES string of the molecule is COc1ccc(C(=O)N(Cc2ccccc2)Cc2c(-c3ccc(F)cc3)noc2N2CCN(C)CC2)cc1.